The van der Waals surface area contributed by atoms with E-state index in [9.17, 15) is 9.59 Å². The van der Waals surface area contributed by atoms with Crippen LogP contribution in [0.3, 0.4) is 0 Å². The van der Waals surface area contributed by atoms with Crippen LogP contribution >= 0.6 is 0 Å². The molecule has 0 aliphatic carbocycles. The van der Waals surface area contributed by atoms with Gasteiger partial charge in [0.1, 0.15) is 5.75 Å². The van der Waals surface area contributed by atoms with Gasteiger partial charge in [-0.05, 0) is 28.8 Å². The monoisotopic (exact) mass is 351 g/mol. The third-order valence-electron chi connectivity index (χ3n) is 4.76. The Kier molecular flexibility index (Phi) is 4.58. The lowest BCUT2D eigenvalue weighted by Gasteiger charge is -2.29. The van der Waals surface area contributed by atoms with E-state index in [2.05, 4.69) is 22.8 Å². The second-order valence-corrected chi connectivity index (χ2v) is 6.54. The molecule has 0 radical (unpaired) electrons. The Morgan fingerprint density at radius 3 is 2.92 bits per heavy atom. The first-order chi connectivity index (χ1) is 12.7. The highest BCUT2D eigenvalue weighted by Gasteiger charge is 2.25. The number of rotatable bonds is 5. The van der Waals surface area contributed by atoms with Crippen molar-refractivity contribution in [3.05, 3.63) is 59.2 Å². The van der Waals surface area contributed by atoms with E-state index in [1.54, 1.807) is 4.90 Å². The smallest absolute Gasteiger partial charge is 0.265 e. The zero-order chi connectivity index (χ0) is 17.9. The highest BCUT2D eigenvalue weighted by molar-refractivity contribution is 5.98. The van der Waals surface area contributed by atoms with Crippen molar-refractivity contribution in [3.8, 4) is 5.75 Å². The number of hydrogen-bond acceptors (Lipinski definition) is 4. The SMILES string of the molecule is O=C(CCN1C(=O)COc2ccccc21)NCc1ccc2c(c1)CNC2. The van der Waals surface area contributed by atoms with E-state index in [0.29, 0.717) is 18.8 Å². The lowest BCUT2D eigenvalue weighted by molar-refractivity contribution is -0.122. The molecule has 0 aromatic heterocycles. The number of ether oxygens (including phenoxy) is 1. The van der Waals surface area contributed by atoms with Gasteiger partial charge >= 0.3 is 0 Å². The Labute approximate surface area is 152 Å². The molecule has 2 aliphatic heterocycles. The van der Waals surface area contributed by atoms with E-state index >= 15 is 0 Å². The van der Waals surface area contributed by atoms with Gasteiger partial charge in [-0.15, -0.1) is 0 Å². The van der Waals surface area contributed by atoms with Crippen LogP contribution in [-0.4, -0.2) is 25.0 Å². The van der Waals surface area contributed by atoms with Crippen LogP contribution in [0.5, 0.6) is 5.75 Å². The predicted molar refractivity (Wildman–Crippen MR) is 97.7 cm³/mol. The highest BCUT2D eigenvalue weighted by Crippen LogP contribution is 2.31. The number of nitrogens with zero attached hydrogens (tertiary/aromatic N) is 1. The number of benzene rings is 2. The molecule has 0 spiro atoms. The van der Waals surface area contributed by atoms with Gasteiger partial charge in [0.2, 0.25) is 5.91 Å². The van der Waals surface area contributed by atoms with Gasteiger partial charge < -0.3 is 20.3 Å². The lowest BCUT2D eigenvalue weighted by Crippen LogP contribution is -2.41. The first-order valence-electron chi connectivity index (χ1n) is 8.81. The number of anilines is 1. The minimum atomic E-state index is -0.123. The largest absolute Gasteiger partial charge is 0.482 e. The zero-order valence-corrected chi connectivity index (χ0v) is 14.5. The van der Waals surface area contributed by atoms with Gasteiger partial charge in [0.25, 0.3) is 5.91 Å². The number of para-hydroxylation sites is 2. The van der Waals surface area contributed by atoms with Crippen molar-refractivity contribution in [2.75, 3.05) is 18.1 Å². The van der Waals surface area contributed by atoms with E-state index in [4.69, 9.17) is 4.74 Å². The average Bonchev–Trinajstić information content (AvgIpc) is 3.13. The summed E-state index contributed by atoms with van der Waals surface area (Å²) in [6.07, 6.45) is 0.257. The summed E-state index contributed by atoms with van der Waals surface area (Å²) in [6, 6.07) is 13.7. The molecule has 0 fully saturated rings. The van der Waals surface area contributed by atoms with Crippen LogP contribution in [0.1, 0.15) is 23.1 Å². The Morgan fingerprint density at radius 1 is 1.15 bits per heavy atom. The maximum absolute atomic E-state index is 12.2. The van der Waals surface area contributed by atoms with Crippen LogP contribution in [0.15, 0.2) is 42.5 Å². The maximum Gasteiger partial charge on any atom is 0.265 e. The van der Waals surface area contributed by atoms with Crippen molar-refractivity contribution in [1.29, 1.82) is 0 Å². The summed E-state index contributed by atoms with van der Waals surface area (Å²) in [4.78, 5) is 26.0. The number of hydrogen-bond donors (Lipinski definition) is 2. The summed E-state index contributed by atoms with van der Waals surface area (Å²) in [6.45, 7) is 2.66. The molecule has 4 rings (SSSR count). The first kappa shape index (κ1) is 16.6. The van der Waals surface area contributed by atoms with Crippen LogP contribution < -0.4 is 20.3 Å². The van der Waals surface area contributed by atoms with Crippen LogP contribution in [0, 0.1) is 0 Å². The molecule has 2 aromatic rings. The van der Waals surface area contributed by atoms with E-state index in [-0.39, 0.29) is 24.8 Å². The lowest BCUT2D eigenvalue weighted by atomic mass is 10.1. The van der Waals surface area contributed by atoms with Crippen LogP contribution in [0.2, 0.25) is 0 Å². The number of fused-ring (bicyclic) bond motifs is 2. The van der Waals surface area contributed by atoms with Gasteiger partial charge in [0.05, 0.1) is 5.69 Å². The molecule has 2 amide bonds. The number of amides is 2. The summed E-state index contributed by atoms with van der Waals surface area (Å²) in [7, 11) is 0. The fourth-order valence-electron chi connectivity index (χ4n) is 3.36. The van der Waals surface area contributed by atoms with Gasteiger partial charge in [-0.1, -0.05) is 30.3 Å². The molecular weight excluding hydrogens is 330 g/mol. The minimum Gasteiger partial charge on any atom is -0.482 e. The molecule has 2 heterocycles. The third-order valence-corrected chi connectivity index (χ3v) is 4.76. The van der Waals surface area contributed by atoms with Crippen LogP contribution in [0.4, 0.5) is 5.69 Å². The van der Waals surface area contributed by atoms with Crippen molar-refractivity contribution >= 4 is 17.5 Å². The third kappa shape index (κ3) is 3.41. The van der Waals surface area contributed by atoms with Crippen molar-refractivity contribution in [3.63, 3.8) is 0 Å². The van der Waals surface area contributed by atoms with Gasteiger partial charge in [-0.2, -0.15) is 0 Å². The van der Waals surface area contributed by atoms with E-state index in [0.717, 1.165) is 24.3 Å². The second-order valence-electron chi connectivity index (χ2n) is 6.54. The summed E-state index contributed by atoms with van der Waals surface area (Å²) >= 11 is 0. The molecule has 6 nitrogen and oxygen atoms in total. The summed E-state index contributed by atoms with van der Waals surface area (Å²) < 4.78 is 5.42. The average molecular weight is 351 g/mol. The highest BCUT2D eigenvalue weighted by atomic mass is 16.5. The Morgan fingerprint density at radius 2 is 2.00 bits per heavy atom. The Bertz CT molecular complexity index is 850. The molecule has 26 heavy (non-hydrogen) atoms. The minimum absolute atomic E-state index is 0.0157. The van der Waals surface area contributed by atoms with Gasteiger partial charge in [0.15, 0.2) is 6.61 Å². The van der Waals surface area contributed by atoms with Gasteiger partial charge in [-0.25, -0.2) is 0 Å². The fourth-order valence-corrected chi connectivity index (χ4v) is 3.36. The van der Waals surface area contributed by atoms with Crippen molar-refractivity contribution in [2.24, 2.45) is 0 Å². The molecule has 0 bridgehead atoms. The second kappa shape index (κ2) is 7.17. The molecule has 2 aliphatic rings. The molecule has 0 unspecified atom stereocenters. The first-order valence-corrected chi connectivity index (χ1v) is 8.81. The molecule has 0 atom stereocenters. The van der Waals surface area contributed by atoms with Crippen molar-refractivity contribution < 1.29 is 14.3 Å². The van der Waals surface area contributed by atoms with E-state index < -0.39 is 0 Å². The molecular formula is C20H21N3O3. The quantitative estimate of drug-likeness (QED) is 0.861. The number of carbonyl (C=O) groups excluding carboxylic acids is 2. The maximum atomic E-state index is 12.2. The normalized spacial score (nSPS) is 15.2. The van der Waals surface area contributed by atoms with Crippen molar-refractivity contribution in [2.45, 2.75) is 26.1 Å². The molecule has 134 valence electrons. The fraction of sp³-hybridized carbons (Fsp3) is 0.300. The molecule has 0 saturated carbocycles. The number of carbonyl (C=O) groups is 2. The standard InChI is InChI=1S/C20H21N3O3/c24-19(22-10-14-5-6-15-11-21-12-16(15)9-14)7-8-23-17-3-1-2-4-18(17)26-13-20(23)25/h1-6,9,21H,7-8,10-13H2,(H,22,24). The summed E-state index contributed by atoms with van der Waals surface area (Å²) in [5, 5.41) is 6.25. The molecule has 0 saturated heterocycles. The Balaban J connectivity index is 1.32. The molecule has 2 N–H and O–H groups in total. The molecule has 2 aromatic carbocycles. The Hall–Kier alpha value is -2.86. The van der Waals surface area contributed by atoms with Crippen molar-refractivity contribution in [1.82, 2.24) is 10.6 Å². The zero-order valence-electron chi connectivity index (χ0n) is 14.5. The van der Waals surface area contributed by atoms with Crippen LogP contribution in [-0.2, 0) is 29.2 Å². The predicted octanol–water partition coefficient (Wildman–Crippen LogP) is 1.72. The summed E-state index contributed by atoms with van der Waals surface area (Å²) in [5.41, 5.74) is 4.44. The van der Waals surface area contributed by atoms with Crippen LogP contribution in [0.25, 0.3) is 0 Å². The van der Waals surface area contributed by atoms with Gasteiger partial charge in [0, 0.05) is 32.6 Å². The summed E-state index contributed by atoms with van der Waals surface area (Å²) in [5.74, 6) is 0.488. The molecule has 6 heteroatoms. The van der Waals surface area contributed by atoms with Gasteiger partial charge in [-0.3, -0.25) is 9.59 Å². The van der Waals surface area contributed by atoms with E-state index in [1.165, 1.54) is 11.1 Å². The number of nitrogens with one attached hydrogen (secondary N) is 2. The topological polar surface area (TPSA) is 70.7 Å². The van der Waals surface area contributed by atoms with E-state index in [1.807, 2.05) is 30.3 Å².